The standard InChI is InChI=1S/C57H101N2O6P/c1-6-8-10-12-14-15-16-17-18-19-20-21-22-23-24-25-26-27-28-29-30-31-32-33-34-35-36-37-38-39-40-41-42-43-45-47-49-51-57(61)58-55(56(60)50-48-46-44-13-11-9-7-2)54-65-66(62,63)64-53-52-59(3,4)5/h8,10,14-15,17-18,20-21,23-24,26-27,29-30,48,50,55-56,60H,6-7,9,11-13,16,19,22,25,28,31-47,49,51-54H2,1-5H3,(H-,58,61,62,63)/b10-8-,15-14-,18-17-,21-20-,24-23-,27-26-,30-29-,50-48+. The first kappa shape index (κ1) is 63.4. The minimum atomic E-state index is -4.58. The number of phosphoric acid groups is 1. The molecule has 0 bridgehead atoms. The number of nitrogens with one attached hydrogen (secondary N) is 1. The van der Waals surface area contributed by atoms with Gasteiger partial charge in [0.05, 0.1) is 39.9 Å². The van der Waals surface area contributed by atoms with Gasteiger partial charge >= 0.3 is 0 Å². The molecule has 1 amide bonds. The van der Waals surface area contributed by atoms with Crippen LogP contribution < -0.4 is 10.2 Å². The summed E-state index contributed by atoms with van der Waals surface area (Å²) in [5, 5.41) is 13.7. The lowest BCUT2D eigenvalue weighted by atomic mass is 10.0. The first-order valence-corrected chi connectivity index (χ1v) is 28.1. The Hall–Kier alpha value is -2.58. The molecule has 9 heteroatoms. The van der Waals surface area contributed by atoms with Gasteiger partial charge in [0, 0.05) is 6.42 Å². The summed E-state index contributed by atoms with van der Waals surface area (Å²) in [7, 11) is 1.25. The molecule has 0 saturated heterocycles. The molecule has 8 nitrogen and oxygen atoms in total. The molecule has 66 heavy (non-hydrogen) atoms. The number of allylic oxidation sites excluding steroid dienone is 15. The van der Waals surface area contributed by atoms with Crippen LogP contribution in [-0.4, -0.2) is 68.5 Å². The number of hydrogen-bond acceptors (Lipinski definition) is 6. The molecule has 2 N–H and O–H groups in total. The van der Waals surface area contributed by atoms with Gasteiger partial charge in [-0.3, -0.25) is 9.36 Å². The zero-order chi connectivity index (χ0) is 48.5. The largest absolute Gasteiger partial charge is 0.756 e. The van der Waals surface area contributed by atoms with E-state index in [1.54, 1.807) is 6.08 Å². The van der Waals surface area contributed by atoms with Crippen LogP contribution >= 0.6 is 7.82 Å². The van der Waals surface area contributed by atoms with Crippen LogP contribution in [0.3, 0.4) is 0 Å². The Balaban J connectivity index is 3.91. The number of aliphatic hydroxyl groups is 1. The first-order chi connectivity index (χ1) is 32.0. The summed E-state index contributed by atoms with van der Waals surface area (Å²) in [4.78, 5) is 25.2. The highest BCUT2D eigenvalue weighted by Crippen LogP contribution is 2.38. The maximum Gasteiger partial charge on any atom is 0.268 e. The number of nitrogens with zero attached hydrogens (tertiary/aromatic N) is 1. The fourth-order valence-corrected chi connectivity index (χ4v) is 7.85. The zero-order valence-corrected chi connectivity index (χ0v) is 44.0. The average Bonchev–Trinajstić information content (AvgIpc) is 3.28. The normalized spacial score (nSPS) is 14.8. The number of unbranched alkanes of at least 4 members (excludes halogenated alkanes) is 20. The fourth-order valence-electron chi connectivity index (χ4n) is 7.13. The van der Waals surface area contributed by atoms with E-state index in [1.807, 2.05) is 27.2 Å². The van der Waals surface area contributed by atoms with E-state index >= 15 is 0 Å². The van der Waals surface area contributed by atoms with E-state index in [-0.39, 0.29) is 19.1 Å². The van der Waals surface area contributed by atoms with Gasteiger partial charge in [0.2, 0.25) is 5.91 Å². The van der Waals surface area contributed by atoms with Crippen molar-refractivity contribution >= 4 is 13.7 Å². The van der Waals surface area contributed by atoms with Gasteiger partial charge in [0.25, 0.3) is 7.82 Å². The summed E-state index contributed by atoms with van der Waals surface area (Å²) >= 11 is 0. The van der Waals surface area contributed by atoms with E-state index in [0.29, 0.717) is 17.4 Å². The molecular weight excluding hydrogens is 840 g/mol. The summed E-state index contributed by atoms with van der Waals surface area (Å²) in [6.07, 6.45) is 68.0. The molecule has 0 aliphatic rings. The maximum atomic E-state index is 12.8. The lowest BCUT2D eigenvalue weighted by Gasteiger charge is -2.29. The van der Waals surface area contributed by atoms with Gasteiger partial charge in [0.1, 0.15) is 13.2 Å². The van der Waals surface area contributed by atoms with Crippen molar-refractivity contribution in [2.24, 2.45) is 0 Å². The third-order valence-corrected chi connectivity index (χ3v) is 12.3. The second kappa shape index (κ2) is 47.5. The summed E-state index contributed by atoms with van der Waals surface area (Å²) in [6, 6.07) is -0.887. The predicted octanol–water partition coefficient (Wildman–Crippen LogP) is 15.2. The van der Waals surface area contributed by atoms with Gasteiger partial charge < -0.3 is 28.8 Å². The number of phosphoric ester groups is 1. The summed E-state index contributed by atoms with van der Waals surface area (Å²) in [5.74, 6) is -0.206. The smallest absolute Gasteiger partial charge is 0.268 e. The van der Waals surface area contributed by atoms with Crippen LogP contribution in [0.5, 0.6) is 0 Å². The third kappa shape index (κ3) is 49.3. The van der Waals surface area contributed by atoms with Crippen molar-refractivity contribution in [2.75, 3.05) is 40.9 Å². The number of amides is 1. The van der Waals surface area contributed by atoms with Gasteiger partial charge in [-0.1, -0.05) is 220 Å². The Kier molecular flexibility index (Phi) is 45.6. The van der Waals surface area contributed by atoms with Crippen LogP contribution in [-0.2, 0) is 18.4 Å². The number of rotatable bonds is 47. The Morgan fingerprint density at radius 2 is 0.924 bits per heavy atom. The van der Waals surface area contributed by atoms with Crippen molar-refractivity contribution in [1.29, 1.82) is 0 Å². The van der Waals surface area contributed by atoms with Gasteiger partial charge in [-0.25, -0.2) is 0 Å². The molecule has 0 aliphatic heterocycles. The minimum Gasteiger partial charge on any atom is -0.756 e. The van der Waals surface area contributed by atoms with E-state index in [4.69, 9.17) is 9.05 Å². The molecule has 0 aromatic carbocycles. The quantitative estimate of drug-likeness (QED) is 0.0272. The van der Waals surface area contributed by atoms with Crippen LogP contribution in [0.1, 0.15) is 206 Å². The number of aliphatic hydroxyl groups excluding tert-OH is 1. The molecule has 0 rings (SSSR count). The van der Waals surface area contributed by atoms with E-state index in [2.05, 4.69) is 104 Å². The lowest BCUT2D eigenvalue weighted by Crippen LogP contribution is -2.45. The Morgan fingerprint density at radius 1 is 0.545 bits per heavy atom. The van der Waals surface area contributed by atoms with Crippen LogP contribution in [0.2, 0.25) is 0 Å². The number of likely N-dealkylation sites (N-methyl/N-ethyl adjacent to an activating group) is 1. The molecule has 0 saturated carbocycles. The maximum absolute atomic E-state index is 12.8. The fraction of sp³-hybridized carbons (Fsp3) is 0.702. The van der Waals surface area contributed by atoms with Crippen LogP contribution in [0.4, 0.5) is 0 Å². The molecule has 0 aromatic rings. The zero-order valence-electron chi connectivity index (χ0n) is 43.1. The van der Waals surface area contributed by atoms with Crippen molar-refractivity contribution in [3.8, 4) is 0 Å². The Morgan fingerprint density at radius 3 is 1.35 bits per heavy atom. The van der Waals surface area contributed by atoms with Crippen molar-refractivity contribution in [3.63, 3.8) is 0 Å². The van der Waals surface area contributed by atoms with Gasteiger partial charge in [-0.2, -0.15) is 0 Å². The number of hydrogen-bond donors (Lipinski definition) is 2. The van der Waals surface area contributed by atoms with E-state index < -0.39 is 20.0 Å². The summed E-state index contributed by atoms with van der Waals surface area (Å²) in [6.45, 7) is 4.45. The molecular formula is C57H101N2O6P. The lowest BCUT2D eigenvalue weighted by molar-refractivity contribution is -0.870. The first-order valence-electron chi connectivity index (χ1n) is 26.6. The molecule has 3 unspecified atom stereocenters. The molecule has 0 heterocycles. The van der Waals surface area contributed by atoms with Crippen molar-refractivity contribution in [3.05, 3.63) is 97.2 Å². The molecule has 0 spiro atoms. The highest BCUT2D eigenvalue weighted by atomic mass is 31.2. The van der Waals surface area contributed by atoms with Crippen molar-refractivity contribution < 1.29 is 32.9 Å². The molecule has 0 aromatic heterocycles. The summed E-state index contributed by atoms with van der Waals surface area (Å²) in [5.41, 5.74) is 0. The molecule has 0 fully saturated rings. The SMILES string of the molecule is CC/C=C\C/C=C\C/C=C\C/C=C\C/C=C\C/C=C\C/C=C\CCCCCCCCCCCCCCCCCC(=O)NC(COP(=O)([O-])OCC[N+](C)(C)C)C(O)/C=C/CCCCCCC. The minimum absolute atomic E-state index is 0.00453. The second-order valence-corrected chi connectivity index (χ2v) is 20.3. The van der Waals surface area contributed by atoms with Crippen LogP contribution in [0.15, 0.2) is 97.2 Å². The molecule has 380 valence electrons. The van der Waals surface area contributed by atoms with Gasteiger partial charge in [-0.05, 0) is 77.0 Å². The van der Waals surface area contributed by atoms with E-state index in [0.717, 1.165) is 83.5 Å². The van der Waals surface area contributed by atoms with Crippen molar-refractivity contribution in [2.45, 2.75) is 219 Å². The van der Waals surface area contributed by atoms with Crippen LogP contribution in [0.25, 0.3) is 0 Å². The monoisotopic (exact) mass is 941 g/mol. The summed E-state index contributed by atoms with van der Waals surface area (Å²) < 4.78 is 23.1. The van der Waals surface area contributed by atoms with E-state index in [1.165, 1.54) is 103 Å². The number of carbonyl (C=O) groups excluding carboxylic acids is 1. The predicted molar refractivity (Wildman–Crippen MR) is 283 cm³/mol. The van der Waals surface area contributed by atoms with E-state index in [9.17, 15) is 19.4 Å². The number of quaternary nitrogens is 1. The van der Waals surface area contributed by atoms with Crippen molar-refractivity contribution in [1.82, 2.24) is 5.32 Å². The number of carbonyl (C=O) groups is 1. The molecule has 3 atom stereocenters. The Bertz CT molecular complexity index is 1390. The molecule has 0 radical (unpaired) electrons. The average molecular weight is 941 g/mol. The second-order valence-electron chi connectivity index (χ2n) is 18.9. The molecule has 0 aliphatic carbocycles. The van der Waals surface area contributed by atoms with Crippen LogP contribution in [0, 0.1) is 0 Å². The Labute approximate surface area is 407 Å². The van der Waals surface area contributed by atoms with Gasteiger partial charge in [0.15, 0.2) is 0 Å². The third-order valence-electron chi connectivity index (χ3n) is 11.3. The topological polar surface area (TPSA) is 108 Å². The highest BCUT2D eigenvalue weighted by molar-refractivity contribution is 7.45. The highest BCUT2D eigenvalue weighted by Gasteiger charge is 2.23. The van der Waals surface area contributed by atoms with Gasteiger partial charge in [-0.15, -0.1) is 0 Å².